The molecule has 2 aromatic rings. The molecule has 0 aliphatic rings. The largest absolute Gasteiger partial charge is 0.497 e. The van der Waals surface area contributed by atoms with Crippen molar-refractivity contribution in [1.82, 2.24) is 5.32 Å². The van der Waals surface area contributed by atoms with Gasteiger partial charge in [0.15, 0.2) is 0 Å². The van der Waals surface area contributed by atoms with Crippen molar-refractivity contribution in [3.05, 3.63) is 59.7 Å². The summed E-state index contributed by atoms with van der Waals surface area (Å²) < 4.78 is 5.13. The number of methoxy groups -OCH3 is 1. The quantitative estimate of drug-likeness (QED) is 0.757. The average Bonchev–Trinajstić information content (AvgIpc) is 2.60. The molecule has 0 aliphatic heterocycles. The molecule has 128 valence electrons. The maximum Gasteiger partial charge on any atom is 0.319 e. The summed E-state index contributed by atoms with van der Waals surface area (Å²) in [5.74, 6) is 1.12. The van der Waals surface area contributed by atoms with Crippen LogP contribution in [0, 0.1) is 0 Å². The third-order valence-corrected chi connectivity index (χ3v) is 3.77. The number of amides is 2. The summed E-state index contributed by atoms with van der Waals surface area (Å²) in [7, 11) is 1.57. The van der Waals surface area contributed by atoms with Crippen molar-refractivity contribution in [2.24, 2.45) is 0 Å². The highest BCUT2D eigenvalue weighted by Gasteiger charge is 2.10. The average molecular weight is 328 g/mol. The number of benzene rings is 2. The normalized spacial score (nSPS) is 11.9. The number of ether oxygens (including phenoxy) is 1. The number of rotatable bonds is 6. The minimum Gasteiger partial charge on any atom is -0.497 e. The Morgan fingerprint density at radius 2 is 1.83 bits per heavy atom. The van der Waals surface area contributed by atoms with Crippen LogP contribution < -0.4 is 15.4 Å². The number of hydrogen-bond donors (Lipinski definition) is 3. The third-order valence-electron chi connectivity index (χ3n) is 3.77. The Kier molecular flexibility index (Phi) is 6.21. The maximum atomic E-state index is 11.9. The summed E-state index contributed by atoms with van der Waals surface area (Å²) in [6.07, 6.45) is -0.797. The second-order valence-corrected chi connectivity index (χ2v) is 5.90. The first-order valence-electron chi connectivity index (χ1n) is 7.96. The van der Waals surface area contributed by atoms with Crippen molar-refractivity contribution in [3.8, 4) is 5.75 Å². The van der Waals surface area contributed by atoms with E-state index in [4.69, 9.17) is 4.74 Å². The van der Waals surface area contributed by atoms with Gasteiger partial charge in [-0.15, -0.1) is 0 Å². The molecule has 0 bridgehead atoms. The molecule has 3 N–H and O–H groups in total. The van der Waals surface area contributed by atoms with Crippen LogP contribution in [0.4, 0.5) is 10.5 Å². The van der Waals surface area contributed by atoms with Crippen LogP contribution in [0.2, 0.25) is 0 Å². The van der Waals surface area contributed by atoms with Crippen LogP contribution in [0.15, 0.2) is 48.5 Å². The van der Waals surface area contributed by atoms with Gasteiger partial charge in [0.05, 0.1) is 13.2 Å². The number of nitrogens with one attached hydrogen (secondary N) is 2. The Morgan fingerprint density at radius 1 is 1.12 bits per heavy atom. The van der Waals surface area contributed by atoms with Crippen LogP contribution in [-0.2, 0) is 0 Å². The molecular formula is C19H24N2O3. The zero-order valence-corrected chi connectivity index (χ0v) is 14.2. The summed E-state index contributed by atoms with van der Waals surface area (Å²) in [6, 6.07) is 14.5. The Balaban J connectivity index is 1.85. The van der Waals surface area contributed by atoms with Crippen LogP contribution in [0.25, 0.3) is 0 Å². The number of urea groups is 1. The molecule has 2 rings (SSSR count). The summed E-state index contributed by atoms with van der Waals surface area (Å²) in [5.41, 5.74) is 2.62. The van der Waals surface area contributed by atoms with Crippen LogP contribution >= 0.6 is 0 Å². The first kappa shape index (κ1) is 17.8. The van der Waals surface area contributed by atoms with E-state index in [1.54, 1.807) is 31.4 Å². The maximum absolute atomic E-state index is 11.9. The molecule has 0 aromatic heterocycles. The molecule has 2 amide bonds. The monoisotopic (exact) mass is 328 g/mol. The van der Waals surface area contributed by atoms with Crippen molar-refractivity contribution in [1.29, 1.82) is 0 Å². The zero-order valence-electron chi connectivity index (χ0n) is 14.2. The van der Waals surface area contributed by atoms with Gasteiger partial charge in [0.25, 0.3) is 0 Å². The molecule has 0 fully saturated rings. The van der Waals surface area contributed by atoms with Crippen molar-refractivity contribution >= 4 is 11.7 Å². The molecule has 5 heteroatoms. The molecule has 0 saturated carbocycles. The van der Waals surface area contributed by atoms with Gasteiger partial charge in [0.2, 0.25) is 0 Å². The Bertz CT molecular complexity index is 669. The van der Waals surface area contributed by atoms with Gasteiger partial charge < -0.3 is 20.5 Å². The fourth-order valence-electron chi connectivity index (χ4n) is 2.28. The number of carbonyl (C=O) groups excluding carboxylic acids is 1. The fraction of sp³-hybridized carbons (Fsp3) is 0.316. The molecule has 0 radical (unpaired) electrons. The van der Waals surface area contributed by atoms with Gasteiger partial charge in [-0.1, -0.05) is 38.1 Å². The van der Waals surface area contributed by atoms with E-state index in [1.807, 2.05) is 24.3 Å². The van der Waals surface area contributed by atoms with E-state index in [9.17, 15) is 9.90 Å². The molecule has 0 spiro atoms. The zero-order chi connectivity index (χ0) is 17.5. The predicted octanol–water partition coefficient (Wildman–Crippen LogP) is 3.67. The van der Waals surface area contributed by atoms with Crippen molar-refractivity contribution in [2.45, 2.75) is 25.9 Å². The van der Waals surface area contributed by atoms with E-state index >= 15 is 0 Å². The SMILES string of the molecule is COc1cccc(C(O)CNC(=O)Nc2ccc(C(C)C)cc2)c1. The summed E-state index contributed by atoms with van der Waals surface area (Å²) in [6.45, 7) is 4.35. The van der Waals surface area contributed by atoms with Crippen LogP contribution in [0.1, 0.15) is 37.0 Å². The lowest BCUT2D eigenvalue weighted by Gasteiger charge is -2.14. The summed E-state index contributed by atoms with van der Waals surface area (Å²) in [5, 5.41) is 15.6. The Labute approximate surface area is 142 Å². The first-order chi connectivity index (χ1) is 11.5. The van der Waals surface area contributed by atoms with Gasteiger partial charge in [-0.05, 0) is 41.3 Å². The summed E-state index contributed by atoms with van der Waals surface area (Å²) >= 11 is 0. The van der Waals surface area contributed by atoms with Gasteiger partial charge >= 0.3 is 6.03 Å². The molecule has 5 nitrogen and oxygen atoms in total. The fourth-order valence-corrected chi connectivity index (χ4v) is 2.28. The third kappa shape index (κ3) is 4.99. The lowest BCUT2D eigenvalue weighted by Crippen LogP contribution is -2.32. The topological polar surface area (TPSA) is 70.6 Å². The van der Waals surface area contributed by atoms with E-state index in [0.717, 1.165) is 0 Å². The molecule has 1 unspecified atom stereocenters. The van der Waals surface area contributed by atoms with Crippen LogP contribution in [-0.4, -0.2) is 24.8 Å². The molecule has 24 heavy (non-hydrogen) atoms. The lowest BCUT2D eigenvalue weighted by atomic mass is 10.0. The minimum absolute atomic E-state index is 0.114. The second kappa shape index (κ2) is 8.36. The lowest BCUT2D eigenvalue weighted by molar-refractivity contribution is 0.175. The van der Waals surface area contributed by atoms with Crippen LogP contribution in [0.3, 0.4) is 0 Å². The second-order valence-electron chi connectivity index (χ2n) is 5.90. The number of hydrogen-bond acceptors (Lipinski definition) is 3. The van der Waals surface area contributed by atoms with Crippen LogP contribution in [0.5, 0.6) is 5.75 Å². The standard InChI is InChI=1S/C19H24N2O3/c1-13(2)14-7-9-16(10-8-14)21-19(23)20-12-18(22)15-5-4-6-17(11-15)24-3/h4-11,13,18,22H,12H2,1-3H3,(H2,20,21,23). The first-order valence-corrected chi connectivity index (χ1v) is 7.96. The molecule has 2 aromatic carbocycles. The molecule has 0 saturated heterocycles. The van der Waals surface area contributed by atoms with Gasteiger partial charge in [-0.25, -0.2) is 4.79 Å². The predicted molar refractivity (Wildman–Crippen MR) is 95.5 cm³/mol. The van der Waals surface area contributed by atoms with E-state index in [0.29, 0.717) is 22.9 Å². The smallest absolute Gasteiger partial charge is 0.319 e. The summed E-state index contributed by atoms with van der Waals surface area (Å²) in [4.78, 5) is 11.9. The van der Waals surface area contributed by atoms with Gasteiger partial charge in [-0.2, -0.15) is 0 Å². The highest BCUT2D eigenvalue weighted by atomic mass is 16.5. The number of anilines is 1. The number of aliphatic hydroxyl groups excluding tert-OH is 1. The number of carbonyl (C=O) groups is 1. The van der Waals surface area contributed by atoms with Crippen molar-refractivity contribution in [2.75, 3.05) is 19.0 Å². The van der Waals surface area contributed by atoms with E-state index in [-0.39, 0.29) is 12.6 Å². The van der Waals surface area contributed by atoms with E-state index in [1.165, 1.54) is 5.56 Å². The van der Waals surface area contributed by atoms with E-state index < -0.39 is 6.10 Å². The Hall–Kier alpha value is -2.53. The molecule has 0 aliphatic carbocycles. The van der Waals surface area contributed by atoms with Gasteiger partial charge in [0.1, 0.15) is 5.75 Å². The molecule has 1 atom stereocenters. The van der Waals surface area contributed by atoms with Crippen molar-refractivity contribution in [3.63, 3.8) is 0 Å². The van der Waals surface area contributed by atoms with Crippen molar-refractivity contribution < 1.29 is 14.6 Å². The minimum atomic E-state index is -0.797. The molecule has 0 heterocycles. The van der Waals surface area contributed by atoms with Gasteiger partial charge in [-0.3, -0.25) is 0 Å². The highest BCUT2D eigenvalue weighted by Crippen LogP contribution is 2.19. The van der Waals surface area contributed by atoms with Gasteiger partial charge in [0, 0.05) is 12.2 Å². The highest BCUT2D eigenvalue weighted by molar-refractivity contribution is 5.89. The number of aliphatic hydroxyl groups is 1. The Morgan fingerprint density at radius 3 is 2.46 bits per heavy atom. The molecular weight excluding hydrogens is 304 g/mol. The van der Waals surface area contributed by atoms with E-state index in [2.05, 4.69) is 24.5 Å².